The van der Waals surface area contributed by atoms with E-state index in [9.17, 15) is 9.59 Å². The van der Waals surface area contributed by atoms with Crippen LogP contribution in [0.3, 0.4) is 0 Å². The van der Waals surface area contributed by atoms with Crippen LogP contribution in [-0.2, 0) is 26.6 Å². The smallest absolute Gasteiger partial charge is 0.270 e. The predicted molar refractivity (Wildman–Crippen MR) is 105 cm³/mol. The van der Waals surface area contributed by atoms with E-state index in [1.54, 1.807) is 0 Å². The van der Waals surface area contributed by atoms with Gasteiger partial charge in [-0.15, -0.1) is 0 Å². The Morgan fingerprint density at radius 3 is 2.55 bits per heavy atom. The van der Waals surface area contributed by atoms with Crippen molar-refractivity contribution in [2.75, 3.05) is 6.61 Å². The molecular weight excluding hydrogens is 370 g/mol. The van der Waals surface area contributed by atoms with Crippen LogP contribution in [0.2, 0.25) is 0 Å². The lowest BCUT2D eigenvalue weighted by atomic mass is 10.1. The van der Waals surface area contributed by atoms with E-state index in [2.05, 4.69) is 20.6 Å². The molecule has 0 unspecified atom stereocenters. The third kappa shape index (κ3) is 4.26. The van der Waals surface area contributed by atoms with E-state index in [0.717, 1.165) is 29.0 Å². The molecule has 0 fully saturated rings. The molecule has 0 radical (unpaired) electrons. The summed E-state index contributed by atoms with van der Waals surface area (Å²) in [6.45, 7) is 1.43. The van der Waals surface area contributed by atoms with Gasteiger partial charge in [-0.3, -0.25) is 9.59 Å². The number of nitrogens with one attached hydrogen (secondary N) is 2. The number of aromatic nitrogens is 3. The molecule has 1 aromatic carbocycles. The number of carbonyl (C=O) groups is 2. The summed E-state index contributed by atoms with van der Waals surface area (Å²) >= 11 is 0. The minimum Gasteiger partial charge on any atom is -0.493 e. The van der Waals surface area contributed by atoms with E-state index in [-0.39, 0.29) is 23.2 Å². The van der Waals surface area contributed by atoms with Crippen molar-refractivity contribution in [1.82, 2.24) is 25.2 Å². The highest BCUT2D eigenvalue weighted by molar-refractivity contribution is 5.97. The molecule has 29 heavy (non-hydrogen) atoms. The first-order valence-electron chi connectivity index (χ1n) is 9.33. The van der Waals surface area contributed by atoms with Crippen molar-refractivity contribution in [2.24, 2.45) is 7.05 Å². The van der Waals surface area contributed by atoms with Gasteiger partial charge in [0.2, 0.25) is 0 Å². The minimum absolute atomic E-state index is 0.147. The maximum atomic E-state index is 12.5. The van der Waals surface area contributed by atoms with Gasteiger partial charge in [-0.05, 0) is 29.3 Å². The fourth-order valence-electron chi connectivity index (χ4n) is 3.17. The number of amides is 2. The van der Waals surface area contributed by atoms with Crippen LogP contribution in [0.1, 0.15) is 37.8 Å². The van der Waals surface area contributed by atoms with Crippen LogP contribution in [0.4, 0.5) is 0 Å². The normalized spacial score (nSPS) is 12.2. The van der Waals surface area contributed by atoms with Crippen molar-refractivity contribution < 1.29 is 14.3 Å². The second kappa shape index (κ2) is 8.14. The summed E-state index contributed by atoms with van der Waals surface area (Å²) in [4.78, 5) is 32.8. The van der Waals surface area contributed by atoms with Gasteiger partial charge in [0.1, 0.15) is 23.5 Å². The molecule has 3 heterocycles. The molecule has 1 aliphatic heterocycles. The molecule has 0 spiro atoms. The van der Waals surface area contributed by atoms with Crippen molar-refractivity contribution in [1.29, 1.82) is 0 Å². The summed E-state index contributed by atoms with van der Waals surface area (Å²) in [6.07, 6.45) is 4.01. The van der Waals surface area contributed by atoms with Gasteiger partial charge < -0.3 is 19.9 Å². The molecule has 2 N–H and O–H groups in total. The second-order valence-electron chi connectivity index (χ2n) is 6.80. The zero-order valence-corrected chi connectivity index (χ0v) is 16.0. The number of rotatable bonds is 6. The first-order valence-corrected chi connectivity index (χ1v) is 9.33. The number of fused-ring (bicyclic) bond motifs is 1. The van der Waals surface area contributed by atoms with Crippen LogP contribution < -0.4 is 15.4 Å². The maximum absolute atomic E-state index is 12.5. The van der Waals surface area contributed by atoms with E-state index < -0.39 is 0 Å². The molecule has 2 amide bonds. The Kier molecular flexibility index (Phi) is 5.24. The Bertz CT molecular complexity index is 1060. The molecule has 0 saturated heterocycles. The molecule has 0 aliphatic carbocycles. The summed E-state index contributed by atoms with van der Waals surface area (Å²) in [7, 11) is 1.91. The standard InChI is InChI=1S/C21H21N5O3/c1-26-7-2-3-16(26)12-23-21(28)18-10-17(24-13-25-18)20(27)22-11-14-4-5-19-15(9-14)6-8-29-19/h2-5,7,9-10,13H,6,8,11-12H2,1H3,(H,22,27)(H,23,28). The van der Waals surface area contributed by atoms with Crippen molar-refractivity contribution >= 4 is 11.8 Å². The fraction of sp³-hybridized carbons (Fsp3) is 0.238. The molecule has 0 saturated carbocycles. The molecule has 0 atom stereocenters. The molecule has 8 heteroatoms. The van der Waals surface area contributed by atoms with Crippen molar-refractivity contribution in [2.45, 2.75) is 19.5 Å². The predicted octanol–water partition coefficient (Wildman–Crippen LogP) is 1.61. The Labute approximate surface area is 167 Å². The highest BCUT2D eigenvalue weighted by Gasteiger charge is 2.15. The Hall–Kier alpha value is -3.68. The van der Waals surface area contributed by atoms with E-state index in [4.69, 9.17) is 4.74 Å². The van der Waals surface area contributed by atoms with Crippen LogP contribution >= 0.6 is 0 Å². The number of hydrogen-bond acceptors (Lipinski definition) is 5. The van der Waals surface area contributed by atoms with Crippen molar-refractivity contribution in [3.8, 4) is 5.75 Å². The molecule has 0 bridgehead atoms. The average Bonchev–Trinajstić information content (AvgIpc) is 3.38. The first-order chi connectivity index (χ1) is 14.1. The lowest BCUT2D eigenvalue weighted by Crippen LogP contribution is -2.27. The lowest BCUT2D eigenvalue weighted by molar-refractivity contribution is 0.0944. The summed E-state index contributed by atoms with van der Waals surface area (Å²) < 4.78 is 7.41. The largest absolute Gasteiger partial charge is 0.493 e. The third-order valence-corrected chi connectivity index (χ3v) is 4.82. The molecule has 148 valence electrons. The molecule has 2 aromatic heterocycles. The summed E-state index contributed by atoms with van der Waals surface area (Å²) in [5.74, 6) is 0.184. The van der Waals surface area contributed by atoms with Crippen molar-refractivity contribution in [3.63, 3.8) is 0 Å². The van der Waals surface area contributed by atoms with Crippen LogP contribution in [-0.4, -0.2) is 33.0 Å². The van der Waals surface area contributed by atoms with E-state index >= 15 is 0 Å². The molecule has 4 rings (SSSR count). The van der Waals surface area contributed by atoms with Gasteiger partial charge in [0.25, 0.3) is 11.8 Å². The highest BCUT2D eigenvalue weighted by Crippen LogP contribution is 2.25. The van der Waals surface area contributed by atoms with Gasteiger partial charge in [-0.1, -0.05) is 12.1 Å². The number of nitrogens with zero attached hydrogens (tertiary/aromatic N) is 3. The monoisotopic (exact) mass is 391 g/mol. The number of ether oxygens (including phenoxy) is 1. The second-order valence-corrected chi connectivity index (χ2v) is 6.80. The topological polar surface area (TPSA) is 98.1 Å². The first kappa shape index (κ1) is 18.7. The van der Waals surface area contributed by atoms with Gasteiger partial charge in [0.05, 0.1) is 13.2 Å². The van der Waals surface area contributed by atoms with Gasteiger partial charge in [-0.2, -0.15) is 0 Å². The molecule has 3 aromatic rings. The van der Waals surface area contributed by atoms with Gasteiger partial charge in [-0.25, -0.2) is 9.97 Å². The van der Waals surface area contributed by atoms with E-state index in [1.807, 2.05) is 48.1 Å². The van der Waals surface area contributed by atoms with Crippen LogP contribution in [0.25, 0.3) is 0 Å². The van der Waals surface area contributed by atoms with Gasteiger partial charge in [0, 0.05) is 38.0 Å². The summed E-state index contributed by atoms with van der Waals surface area (Å²) in [5, 5.41) is 5.63. The quantitative estimate of drug-likeness (QED) is 0.665. The number of aryl methyl sites for hydroxylation is 1. The minimum atomic E-state index is -0.361. The number of benzene rings is 1. The zero-order valence-electron chi connectivity index (χ0n) is 16.0. The van der Waals surface area contributed by atoms with Crippen molar-refractivity contribution in [3.05, 3.63) is 77.1 Å². The van der Waals surface area contributed by atoms with Gasteiger partial charge >= 0.3 is 0 Å². The Morgan fingerprint density at radius 1 is 1.07 bits per heavy atom. The molecular formula is C21H21N5O3. The fourth-order valence-corrected chi connectivity index (χ4v) is 3.17. The molecule has 1 aliphatic rings. The van der Waals surface area contributed by atoms with Crippen LogP contribution in [0, 0.1) is 0 Å². The maximum Gasteiger partial charge on any atom is 0.270 e. The highest BCUT2D eigenvalue weighted by atomic mass is 16.5. The van der Waals surface area contributed by atoms with Gasteiger partial charge in [0.15, 0.2) is 0 Å². The average molecular weight is 391 g/mol. The third-order valence-electron chi connectivity index (χ3n) is 4.82. The summed E-state index contributed by atoms with van der Waals surface area (Å²) in [6, 6.07) is 11.1. The lowest BCUT2D eigenvalue weighted by Gasteiger charge is -2.08. The van der Waals surface area contributed by atoms with E-state index in [1.165, 1.54) is 12.4 Å². The van der Waals surface area contributed by atoms with Crippen LogP contribution in [0.15, 0.2) is 48.9 Å². The number of carbonyl (C=O) groups excluding carboxylic acids is 2. The molecule has 8 nitrogen and oxygen atoms in total. The SMILES string of the molecule is Cn1cccc1CNC(=O)c1cc(C(=O)NCc2ccc3c(c2)CCO3)ncn1. The zero-order chi connectivity index (χ0) is 20.2. The van der Waals surface area contributed by atoms with E-state index in [0.29, 0.717) is 19.7 Å². The summed E-state index contributed by atoms with van der Waals surface area (Å²) in [5.41, 5.74) is 3.39. The Balaban J connectivity index is 1.36. The number of hydrogen-bond donors (Lipinski definition) is 2. The Morgan fingerprint density at radius 2 is 1.83 bits per heavy atom. The van der Waals surface area contributed by atoms with Crippen LogP contribution in [0.5, 0.6) is 5.75 Å².